The predicted octanol–water partition coefficient (Wildman–Crippen LogP) is 4.47. The van der Waals surface area contributed by atoms with Crippen LogP contribution in [0.4, 0.5) is 4.39 Å². The van der Waals surface area contributed by atoms with Crippen LogP contribution in [0.3, 0.4) is 0 Å². The van der Waals surface area contributed by atoms with Crippen LogP contribution in [0.1, 0.15) is 29.0 Å². The van der Waals surface area contributed by atoms with Crippen LogP contribution in [0.15, 0.2) is 53.1 Å². The fourth-order valence-electron chi connectivity index (χ4n) is 2.74. The zero-order chi connectivity index (χ0) is 19.2. The van der Waals surface area contributed by atoms with Gasteiger partial charge in [0, 0.05) is 18.5 Å². The minimum Gasteiger partial charge on any atom is -0.457 e. The molecule has 140 valence electrons. The molecule has 3 rings (SSSR count). The second-order valence-electron chi connectivity index (χ2n) is 6.28. The molecule has 0 aliphatic heterocycles. The van der Waals surface area contributed by atoms with Gasteiger partial charge in [-0.1, -0.05) is 17.3 Å². The third-order valence-corrected chi connectivity index (χ3v) is 4.22. The van der Waals surface area contributed by atoms with E-state index in [1.807, 2.05) is 38.1 Å². The molecule has 6 heteroatoms. The third-order valence-electron chi connectivity index (χ3n) is 4.22. The number of halogens is 1. The van der Waals surface area contributed by atoms with E-state index in [0.29, 0.717) is 30.9 Å². The summed E-state index contributed by atoms with van der Waals surface area (Å²) in [6.45, 7) is 4.12. The SMILES string of the molecule is Cc1noc(C)c1CCC(=O)NCc1cccc(Oc2ccc(F)cc2)c1. The molecule has 27 heavy (non-hydrogen) atoms. The zero-order valence-corrected chi connectivity index (χ0v) is 15.3. The predicted molar refractivity (Wildman–Crippen MR) is 99.1 cm³/mol. The van der Waals surface area contributed by atoms with Crippen molar-refractivity contribution in [1.29, 1.82) is 0 Å². The van der Waals surface area contributed by atoms with E-state index in [9.17, 15) is 9.18 Å². The summed E-state index contributed by atoms with van der Waals surface area (Å²) >= 11 is 0. The highest BCUT2D eigenvalue weighted by Crippen LogP contribution is 2.22. The molecule has 2 aromatic carbocycles. The minimum absolute atomic E-state index is 0.0418. The number of hydrogen-bond donors (Lipinski definition) is 1. The number of aromatic nitrogens is 1. The normalized spacial score (nSPS) is 10.6. The number of ether oxygens (including phenoxy) is 1. The van der Waals surface area contributed by atoms with Crippen LogP contribution in [0.25, 0.3) is 0 Å². The monoisotopic (exact) mass is 368 g/mol. The Labute approximate surface area is 157 Å². The quantitative estimate of drug-likeness (QED) is 0.668. The first-order chi connectivity index (χ1) is 13.0. The lowest BCUT2D eigenvalue weighted by molar-refractivity contribution is -0.121. The molecule has 0 unspecified atom stereocenters. The number of amides is 1. The summed E-state index contributed by atoms with van der Waals surface area (Å²) in [5.74, 6) is 1.59. The average molecular weight is 368 g/mol. The van der Waals surface area contributed by atoms with E-state index in [4.69, 9.17) is 9.26 Å². The summed E-state index contributed by atoms with van der Waals surface area (Å²) in [5.41, 5.74) is 2.73. The van der Waals surface area contributed by atoms with Gasteiger partial charge in [0.2, 0.25) is 5.91 Å². The number of nitrogens with zero attached hydrogens (tertiary/aromatic N) is 1. The van der Waals surface area contributed by atoms with Crippen LogP contribution in [0.2, 0.25) is 0 Å². The lowest BCUT2D eigenvalue weighted by atomic mass is 10.1. The molecule has 0 aliphatic carbocycles. The number of carbonyl (C=O) groups excluding carboxylic acids is 1. The minimum atomic E-state index is -0.310. The molecular weight excluding hydrogens is 347 g/mol. The first-order valence-electron chi connectivity index (χ1n) is 8.72. The van der Waals surface area contributed by atoms with Gasteiger partial charge in [-0.3, -0.25) is 4.79 Å². The van der Waals surface area contributed by atoms with Crippen molar-refractivity contribution < 1.29 is 18.4 Å². The molecule has 0 bridgehead atoms. The molecule has 0 fully saturated rings. The van der Waals surface area contributed by atoms with E-state index in [1.165, 1.54) is 12.1 Å². The lowest BCUT2D eigenvalue weighted by Gasteiger charge is -2.09. The second-order valence-corrected chi connectivity index (χ2v) is 6.28. The summed E-state index contributed by atoms with van der Waals surface area (Å²) in [7, 11) is 0. The number of aryl methyl sites for hydroxylation is 2. The number of carbonyl (C=O) groups is 1. The highest BCUT2D eigenvalue weighted by molar-refractivity contribution is 5.76. The van der Waals surface area contributed by atoms with Crippen LogP contribution in [0.5, 0.6) is 11.5 Å². The van der Waals surface area contributed by atoms with Crippen LogP contribution < -0.4 is 10.1 Å². The smallest absolute Gasteiger partial charge is 0.220 e. The van der Waals surface area contributed by atoms with Crippen LogP contribution >= 0.6 is 0 Å². The van der Waals surface area contributed by atoms with E-state index >= 15 is 0 Å². The van der Waals surface area contributed by atoms with E-state index in [1.54, 1.807) is 12.1 Å². The van der Waals surface area contributed by atoms with Gasteiger partial charge in [0.25, 0.3) is 0 Å². The second kappa shape index (κ2) is 8.49. The van der Waals surface area contributed by atoms with Crippen molar-refractivity contribution in [1.82, 2.24) is 10.5 Å². The van der Waals surface area contributed by atoms with E-state index in [-0.39, 0.29) is 11.7 Å². The maximum Gasteiger partial charge on any atom is 0.220 e. The van der Waals surface area contributed by atoms with Gasteiger partial charge in [0.05, 0.1) is 5.69 Å². The van der Waals surface area contributed by atoms with Crippen molar-refractivity contribution in [2.24, 2.45) is 0 Å². The summed E-state index contributed by atoms with van der Waals surface area (Å²) in [4.78, 5) is 12.1. The molecule has 1 N–H and O–H groups in total. The van der Waals surface area contributed by atoms with E-state index < -0.39 is 0 Å². The fourth-order valence-corrected chi connectivity index (χ4v) is 2.74. The van der Waals surface area contributed by atoms with E-state index in [0.717, 1.165) is 22.6 Å². The molecule has 0 aliphatic rings. The van der Waals surface area contributed by atoms with Gasteiger partial charge in [-0.05, 0) is 62.2 Å². The average Bonchev–Trinajstić information content (AvgIpc) is 2.98. The number of hydrogen-bond acceptors (Lipinski definition) is 4. The van der Waals surface area contributed by atoms with Crippen molar-refractivity contribution in [3.05, 3.63) is 76.9 Å². The molecule has 1 heterocycles. The molecule has 0 saturated heterocycles. The van der Waals surface area contributed by atoms with E-state index in [2.05, 4.69) is 10.5 Å². The Morgan fingerprint density at radius 1 is 1.15 bits per heavy atom. The fraction of sp³-hybridized carbons (Fsp3) is 0.238. The Kier molecular flexibility index (Phi) is 5.86. The molecule has 1 aromatic heterocycles. The van der Waals surface area contributed by atoms with Crippen molar-refractivity contribution >= 4 is 5.91 Å². The number of benzene rings is 2. The van der Waals surface area contributed by atoms with Gasteiger partial charge in [0.1, 0.15) is 23.1 Å². The molecule has 0 radical (unpaired) electrons. The molecule has 0 saturated carbocycles. The molecule has 5 nitrogen and oxygen atoms in total. The largest absolute Gasteiger partial charge is 0.457 e. The highest BCUT2D eigenvalue weighted by atomic mass is 19.1. The molecule has 3 aromatic rings. The lowest BCUT2D eigenvalue weighted by Crippen LogP contribution is -2.23. The topological polar surface area (TPSA) is 64.4 Å². The van der Waals surface area contributed by atoms with Gasteiger partial charge >= 0.3 is 0 Å². The summed E-state index contributed by atoms with van der Waals surface area (Å²) in [6, 6.07) is 13.2. The Hall–Kier alpha value is -3.15. The molecular formula is C21H21FN2O3. The molecule has 1 amide bonds. The van der Waals surface area contributed by atoms with Gasteiger partial charge in [-0.2, -0.15) is 0 Å². The van der Waals surface area contributed by atoms with Gasteiger partial charge < -0.3 is 14.6 Å². The standard InChI is InChI=1S/C21H21FN2O3/c1-14-20(15(2)27-24-14)10-11-21(25)23-13-16-4-3-5-19(12-16)26-18-8-6-17(22)7-9-18/h3-9,12H,10-11,13H2,1-2H3,(H,23,25). The van der Waals surface area contributed by atoms with Gasteiger partial charge in [-0.25, -0.2) is 4.39 Å². The van der Waals surface area contributed by atoms with Crippen LogP contribution in [-0.2, 0) is 17.8 Å². The van der Waals surface area contributed by atoms with Gasteiger partial charge in [-0.15, -0.1) is 0 Å². The maximum absolute atomic E-state index is 13.0. The van der Waals surface area contributed by atoms with Gasteiger partial charge in [0.15, 0.2) is 0 Å². The van der Waals surface area contributed by atoms with Crippen LogP contribution in [0, 0.1) is 19.7 Å². The molecule has 0 atom stereocenters. The highest BCUT2D eigenvalue weighted by Gasteiger charge is 2.11. The first kappa shape index (κ1) is 18.6. The summed E-state index contributed by atoms with van der Waals surface area (Å²) in [5, 5.41) is 6.80. The Balaban J connectivity index is 1.52. The van der Waals surface area contributed by atoms with Crippen molar-refractivity contribution in [2.75, 3.05) is 0 Å². The molecule has 0 spiro atoms. The van der Waals surface area contributed by atoms with Crippen molar-refractivity contribution in [3.63, 3.8) is 0 Å². The van der Waals surface area contributed by atoms with Crippen molar-refractivity contribution in [2.45, 2.75) is 33.2 Å². The summed E-state index contributed by atoms with van der Waals surface area (Å²) < 4.78 is 23.8. The first-order valence-corrected chi connectivity index (χ1v) is 8.72. The Morgan fingerprint density at radius 2 is 1.93 bits per heavy atom. The Bertz CT molecular complexity index is 900. The van der Waals surface area contributed by atoms with Crippen molar-refractivity contribution in [3.8, 4) is 11.5 Å². The number of rotatable bonds is 7. The number of nitrogens with one attached hydrogen (secondary N) is 1. The Morgan fingerprint density at radius 3 is 2.63 bits per heavy atom. The zero-order valence-electron chi connectivity index (χ0n) is 15.3. The third kappa shape index (κ3) is 5.17. The van der Waals surface area contributed by atoms with Crippen LogP contribution in [-0.4, -0.2) is 11.1 Å². The summed E-state index contributed by atoms with van der Waals surface area (Å²) in [6.07, 6.45) is 0.968. The maximum atomic E-state index is 13.0.